The molecule has 0 saturated heterocycles. The van der Waals surface area contributed by atoms with Crippen LogP contribution in [-0.4, -0.2) is 27.6 Å². The van der Waals surface area contributed by atoms with Crippen LogP contribution in [0.1, 0.15) is 25.7 Å². The zero-order chi connectivity index (χ0) is 13.9. The number of anilines is 1. The number of hydrogen-bond acceptors (Lipinski definition) is 3. The van der Waals surface area contributed by atoms with Crippen LogP contribution in [0.15, 0.2) is 18.5 Å². The lowest BCUT2D eigenvalue weighted by Gasteiger charge is -2.25. The fraction of sp³-hybridized carbons (Fsp3) is 0.417. The summed E-state index contributed by atoms with van der Waals surface area (Å²) in [6, 6.07) is 0.436. The third kappa shape index (κ3) is 2.98. The van der Waals surface area contributed by atoms with Crippen molar-refractivity contribution < 1.29 is 19.1 Å². The molecule has 0 aromatic carbocycles. The lowest BCUT2D eigenvalue weighted by molar-refractivity contribution is -0.144. The van der Waals surface area contributed by atoms with Gasteiger partial charge in [0.15, 0.2) is 0 Å². The Morgan fingerprint density at radius 3 is 2.58 bits per heavy atom. The van der Waals surface area contributed by atoms with Gasteiger partial charge in [-0.1, -0.05) is 12.8 Å². The largest absolute Gasteiger partial charge is 0.480 e. The first-order valence-corrected chi connectivity index (χ1v) is 5.95. The predicted molar refractivity (Wildman–Crippen MR) is 65.2 cm³/mol. The molecule has 19 heavy (non-hydrogen) atoms. The average molecular weight is 267 g/mol. The summed E-state index contributed by atoms with van der Waals surface area (Å²) in [4.78, 5) is 26.6. The van der Waals surface area contributed by atoms with Crippen molar-refractivity contribution >= 4 is 17.7 Å². The van der Waals surface area contributed by atoms with Crippen LogP contribution >= 0.6 is 0 Å². The van der Waals surface area contributed by atoms with Gasteiger partial charge in [-0.2, -0.15) is 0 Å². The Balaban J connectivity index is 2.02. The van der Waals surface area contributed by atoms with Gasteiger partial charge in [0.1, 0.15) is 11.4 Å². The standard InChI is InChI=1S/C12H14FN3O3/c13-8-5-9(7-14-6-8)15-11(19)16-12(10(17)18)3-1-2-4-12/h5-7H,1-4H2,(H,17,18)(H2,15,16,19). The summed E-state index contributed by atoms with van der Waals surface area (Å²) in [6.07, 6.45) is 4.61. The summed E-state index contributed by atoms with van der Waals surface area (Å²) < 4.78 is 12.9. The van der Waals surface area contributed by atoms with E-state index in [1.54, 1.807) is 0 Å². The van der Waals surface area contributed by atoms with Crippen LogP contribution in [0.5, 0.6) is 0 Å². The van der Waals surface area contributed by atoms with Gasteiger partial charge in [-0.15, -0.1) is 0 Å². The van der Waals surface area contributed by atoms with Crippen molar-refractivity contribution in [2.45, 2.75) is 31.2 Å². The second kappa shape index (κ2) is 5.21. The van der Waals surface area contributed by atoms with E-state index in [1.807, 2.05) is 0 Å². The van der Waals surface area contributed by atoms with Crippen molar-refractivity contribution in [2.24, 2.45) is 0 Å². The highest BCUT2D eigenvalue weighted by molar-refractivity contribution is 5.93. The van der Waals surface area contributed by atoms with Crippen molar-refractivity contribution in [3.8, 4) is 0 Å². The van der Waals surface area contributed by atoms with Crippen molar-refractivity contribution in [2.75, 3.05) is 5.32 Å². The molecular formula is C12H14FN3O3. The second-order valence-corrected chi connectivity index (χ2v) is 4.57. The smallest absolute Gasteiger partial charge is 0.329 e. The van der Waals surface area contributed by atoms with Gasteiger partial charge in [0, 0.05) is 6.07 Å². The Morgan fingerprint density at radius 1 is 1.32 bits per heavy atom. The van der Waals surface area contributed by atoms with Crippen LogP contribution in [0.3, 0.4) is 0 Å². The van der Waals surface area contributed by atoms with Gasteiger partial charge in [-0.05, 0) is 12.8 Å². The van der Waals surface area contributed by atoms with Crippen molar-refractivity contribution in [3.63, 3.8) is 0 Å². The summed E-state index contributed by atoms with van der Waals surface area (Å²) in [5.41, 5.74) is -1.04. The number of aliphatic carboxylic acids is 1. The van der Waals surface area contributed by atoms with E-state index in [2.05, 4.69) is 15.6 Å². The van der Waals surface area contributed by atoms with E-state index in [1.165, 1.54) is 6.20 Å². The van der Waals surface area contributed by atoms with Crippen molar-refractivity contribution in [1.82, 2.24) is 10.3 Å². The number of halogens is 1. The van der Waals surface area contributed by atoms with Gasteiger partial charge in [-0.3, -0.25) is 4.98 Å². The molecule has 0 unspecified atom stereocenters. The quantitative estimate of drug-likeness (QED) is 0.777. The summed E-state index contributed by atoms with van der Waals surface area (Å²) >= 11 is 0. The van der Waals surface area contributed by atoms with Crippen molar-refractivity contribution in [3.05, 3.63) is 24.3 Å². The lowest BCUT2D eigenvalue weighted by atomic mass is 9.98. The lowest BCUT2D eigenvalue weighted by Crippen LogP contribution is -2.53. The number of carbonyl (C=O) groups is 2. The fourth-order valence-electron chi connectivity index (χ4n) is 2.23. The normalized spacial score (nSPS) is 16.9. The molecule has 1 fully saturated rings. The fourth-order valence-corrected chi connectivity index (χ4v) is 2.23. The van der Waals surface area contributed by atoms with Gasteiger partial charge >= 0.3 is 12.0 Å². The number of hydrogen-bond donors (Lipinski definition) is 3. The number of rotatable bonds is 3. The minimum absolute atomic E-state index is 0.177. The predicted octanol–water partition coefficient (Wildman–Crippen LogP) is 1.74. The van der Waals surface area contributed by atoms with E-state index in [0.29, 0.717) is 12.8 Å². The molecule has 1 aliphatic carbocycles. The third-order valence-electron chi connectivity index (χ3n) is 3.18. The van der Waals surface area contributed by atoms with Gasteiger partial charge < -0.3 is 15.7 Å². The van der Waals surface area contributed by atoms with Crippen LogP contribution in [0.4, 0.5) is 14.9 Å². The molecule has 6 nitrogen and oxygen atoms in total. The highest BCUT2D eigenvalue weighted by Gasteiger charge is 2.42. The zero-order valence-electron chi connectivity index (χ0n) is 10.1. The number of carboxylic acids is 1. The van der Waals surface area contributed by atoms with E-state index >= 15 is 0 Å². The third-order valence-corrected chi connectivity index (χ3v) is 3.18. The molecule has 1 aliphatic rings. The maximum absolute atomic E-state index is 12.9. The van der Waals surface area contributed by atoms with E-state index in [0.717, 1.165) is 25.1 Å². The molecular weight excluding hydrogens is 253 g/mol. The molecule has 0 radical (unpaired) electrons. The first-order chi connectivity index (χ1) is 9.02. The molecule has 3 N–H and O–H groups in total. The van der Waals surface area contributed by atoms with E-state index in [9.17, 15) is 19.1 Å². The molecule has 1 aromatic rings. The minimum Gasteiger partial charge on any atom is -0.480 e. The molecule has 1 heterocycles. The maximum Gasteiger partial charge on any atom is 0.329 e. The van der Waals surface area contributed by atoms with Crippen LogP contribution in [0.2, 0.25) is 0 Å². The number of urea groups is 1. The highest BCUT2D eigenvalue weighted by Crippen LogP contribution is 2.29. The average Bonchev–Trinajstić information content (AvgIpc) is 2.78. The molecule has 102 valence electrons. The number of carbonyl (C=O) groups excluding carboxylic acids is 1. The number of nitrogens with zero attached hydrogens (tertiary/aromatic N) is 1. The van der Waals surface area contributed by atoms with Crippen LogP contribution in [-0.2, 0) is 4.79 Å². The first kappa shape index (κ1) is 13.3. The number of carboxylic acid groups (broad SMARTS) is 1. The summed E-state index contributed by atoms with van der Waals surface area (Å²) in [5, 5.41) is 14.0. The SMILES string of the molecule is O=C(Nc1cncc(F)c1)NC1(C(=O)O)CCCC1. The Hall–Kier alpha value is -2.18. The van der Waals surface area contributed by atoms with Gasteiger partial charge in [0.05, 0.1) is 18.1 Å². The highest BCUT2D eigenvalue weighted by atomic mass is 19.1. The van der Waals surface area contributed by atoms with E-state index < -0.39 is 23.4 Å². The molecule has 0 spiro atoms. The van der Waals surface area contributed by atoms with Gasteiger partial charge in [0.2, 0.25) is 0 Å². The van der Waals surface area contributed by atoms with Crippen LogP contribution in [0, 0.1) is 5.82 Å². The molecule has 0 aliphatic heterocycles. The molecule has 2 amide bonds. The maximum atomic E-state index is 12.9. The Kier molecular flexibility index (Phi) is 3.64. The molecule has 2 rings (SSSR count). The minimum atomic E-state index is -1.22. The van der Waals surface area contributed by atoms with Crippen molar-refractivity contribution in [1.29, 1.82) is 0 Å². The Morgan fingerprint density at radius 2 is 2.00 bits per heavy atom. The number of nitrogens with one attached hydrogen (secondary N) is 2. The Bertz CT molecular complexity index is 501. The monoisotopic (exact) mass is 267 g/mol. The zero-order valence-corrected chi connectivity index (χ0v) is 10.1. The van der Waals surface area contributed by atoms with E-state index in [4.69, 9.17) is 0 Å². The number of aromatic nitrogens is 1. The molecule has 0 bridgehead atoms. The molecule has 7 heteroatoms. The topological polar surface area (TPSA) is 91.3 Å². The molecule has 1 aromatic heterocycles. The van der Waals surface area contributed by atoms with Crippen LogP contribution < -0.4 is 10.6 Å². The first-order valence-electron chi connectivity index (χ1n) is 5.95. The summed E-state index contributed by atoms with van der Waals surface area (Å²) in [5.74, 6) is -1.62. The van der Waals surface area contributed by atoms with E-state index in [-0.39, 0.29) is 5.69 Å². The second-order valence-electron chi connectivity index (χ2n) is 4.57. The summed E-state index contributed by atoms with van der Waals surface area (Å²) in [6.45, 7) is 0. The number of pyridine rings is 1. The van der Waals surface area contributed by atoms with Gasteiger partial charge in [0.25, 0.3) is 0 Å². The Labute approximate surface area is 109 Å². The van der Waals surface area contributed by atoms with Crippen LogP contribution in [0.25, 0.3) is 0 Å². The van der Waals surface area contributed by atoms with Gasteiger partial charge in [-0.25, -0.2) is 14.0 Å². The molecule has 1 saturated carbocycles. The molecule has 0 atom stereocenters. The summed E-state index contributed by atoms with van der Waals surface area (Å²) in [7, 11) is 0. The number of amides is 2.